The molecule has 0 bridgehead atoms. The zero-order chi connectivity index (χ0) is 18.4. The van der Waals surface area contributed by atoms with Crippen molar-refractivity contribution >= 4 is 5.91 Å². The van der Waals surface area contributed by atoms with Crippen LogP contribution in [-0.2, 0) is 0 Å². The number of rotatable bonds is 6. The van der Waals surface area contributed by atoms with Gasteiger partial charge in [-0.1, -0.05) is 32.1 Å². The van der Waals surface area contributed by atoms with Gasteiger partial charge in [0, 0.05) is 31.7 Å². The molecule has 1 aliphatic carbocycles. The summed E-state index contributed by atoms with van der Waals surface area (Å²) in [6.45, 7) is 4.75. The first-order chi connectivity index (χ1) is 12.7. The molecule has 5 heteroatoms. The molecule has 2 fully saturated rings. The fraction of sp³-hybridized carbons (Fsp3) is 0.667. The molecule has 1 aromatic carbocycles. The predicted octanol–water partition coefficient (Wildman–Crippen LogP) is 3.43. The number of amides is 1. The van der Waals surface area contributed by atoms with Crippen LogP contribution in [0.2, 0.25) is 0 Å². The Labute approximate surface area is 157 Å². The summed E-state index contributed by atoms with van der Waals surface area (Å²) in [5.74, 6) is 2.26. The minimum Gasteiger partial charge on any atom is -0.493 e. The molecule has 3 rings (SSSR count). The van der Waals surface area contributed by atoms with E-state index in [1.54, 1.807) is 26.4 Å². The third-order valence-electron chi connectivity index (χ3n) is 5.87. The molecule has 1 amide bonds. The highest BCUT2D eigenvalue weighted by Gasteiger charge is 2.23. The van der Waals surface area contributed by atoms with E-state index in [9.17, 15) is 4.79 Å². The topological polar surface area (TPSA) is 42.0 Å². The number of benzene rings is 1. The van der Waals surface area contributed by atoms with Gasteiger partial charge in [0.05, 0.1) is 14.2 Å². The van der Waals surface area contributed by atoms with E-state index >= 15 is 0 Å². The van der Waals surface area contributed by atoms with E-state index in [-0.39, 0.29) is 5.91 Å². The first-order valence-electron chi connectivity index (χ1n) is 9.95. The molecular weight excluding hydrogens is 328 g/mol. The van der Waals surface area contributed by atoms with E-state index in [0.29, 0.717) is 17.1 Å². The molecule has 0 aromatic heterocycles. The van der Waals surface area contributed by atoms with Gasteiger partial charge < -0.3 is 14.4 Å². The lowest BCUT2D eigenvalue weighted by molar-refractivity contribution is 0.0627. The molecule has 5 nitrogen and oxygen atoms in total. The van der Waals surface area contributed by atoms with Gasteiger partial charge >= 0.3 is 0 Å². The summed E-state index contributed by atoms with van der Waals surface area (Å²) in [5.41, 5.74) is 0.665. The van der Waals surface area contributed by atoms with Gasteiger partial charge in [-0.2, -0.15) is 0 Å². The predicted molar refractivity (Wildman–Crippen MR) is 103 cm³/mol. The summed E-state index contributed by atoms with van der Waals surface area (Å²) in [4.78, 5) is 17.3. The van der Waals surface area contributed by atoms with Gasteiger partial charge in [0.15, 0.2) is 11.5 Å². The first kappa shape index (κ1) is 19.0. The average Bonchev–Trinajstić information content (AvgIpc) is 2.72. The van der Waals surface area contributed by atoms with E-state index in [1.165, 1.54) is 45.1 Å². The summed E-state index contributed by atoms with van der Waals surface area (Å²) < 4.78 is 10.6. The number of methoxy groups -OCH3 is 2. The Morgan fingerprint density at radius 3 is 2.35 bits per heavy atom. The monoisotopic (exact) mass is 360 g/mol. The lowest BCUT2D eigenvalue weighted by Crippen LogP contribution is -2.49. The van der Waals surface area contributed by atoms with Gasteiger partial charge in [-0.15, -0.1) is 0 Å². The molecule has 0 N–H and O–H groups in total. The van der Waals surface area contributed by atoms with E-state index < -0.39 is 0 Å². The third kappa shape index (κ3) is 4.70. The molecule has 1 heterocycles. The third-order valence-corrected chi connectivity index (χ3v) is 5.87. The maximum atomic E-state index is 12.8. The summed E-state index contributed by atoms with van der Waals surface area (Å²) in [5, 5.41) is 0. The van der Waals surface area contributed by atoms with Crippen molar-refractivity contribution in [3.63, 3.8) is 0 Å². The lowest BCUT2D eigenvalue weighted by atomic mass is 9.87. The number of hydrogen-bond donors (Lipinski definition) is 0. The Kier molecular flexibility index (Phi) is 6.78. The van der Waals surface area contributed by atoms with Crippen LogP contribution >= 0.6 is 0 Å². The van der Waals surface area contributed by atoms with Crippen LogP contribution in [0.4, 0.5) is 0 Å². The Balaban J connectivity index is 1.48. The van der Waals surface area contributed by atoms with Crippen LogP contribution < -0.4 is 9.47 Å². The van der Waals surface area contributed by atoms with Crippen LogP contribution in [0.1, 0.15) is 48.9 Å². The van der Waals surface area contributed by atoms with Crippen LogP contribution in [0, 0.1) is 5.92 Å². The van der Waals surface area contributed by atoms with Gasteiger partial charge in [-0.05, 0) is 37.1 Å². The molecule has 1 saturated carbocycles. The SMILES string of the molecule is COc1ccc(C(=O)N2CCN(CCC3CCCCC3)CC2)cc1OC. The number of hydrogen-bond acceptors (Lipinski definition) is 4. The Hall–Kier alpha value is -1.75. The maximum absolute atomic E-state index is 12.8. The summed E-state index contributed by atoms with van der Waals surface area (Å²) in [6, 6.07) is 5.39. The molecule has 1 aliphatic heterocycles. The van der Waals surface area contributed by atoms with Crippen LogP contribution in [-0.4, -0.2) is 62.7 Å². The van der Waals surface area contributed by atoms with Crippen molar-refractivity contribution in [3.8, 4) is 11.5 Å². The maximum Gasteiger partial charge on any atom is 0.254 e. The van der Waals surface area contributed by atoms with E-state index in [0.717, 1.165) is 32.1 Å². The number of nitrogens with zero attached hydrogens (tertiary/aromatic N) is 2. The first-order valence-corrected chi connectivity index (χ1v) is 9.95. The Bertz CT molecular complexity index is 591. The van der Waals surface area contributed by atoms with Crippen molar-refractivity contribution in [2.45, 2.75) is 38.5 Å². The molecule has 0 spiro atoms. The Morgan fingerprint density at radius 2 is 1.69 bits per heavy atom. The standard InChI is InChI=1S/C21H32N2O3/c1-25-19-9-8-18(16-20(19)26-2)21(24)23-14-12-22(13-15-23)11-10-17-6-4-3-5-7-17/h8-9,16-17H,3-7,10-15H2,1-2H3. The van der Waals surface area contributed by atoms with E-state index in [1.807, 2.05) is 11.0 Å². The molecule has 2 aliphatic rings. The Morgan fingerprint density at radius 1 is 1.00 bits per heavy atom. The molecular formula is C21H32N2O3. The molecule has 0 unspecified atom stereocenters. The highest BCUT2D eigenvalue weighted by atomic mass is 16.5. The summed E-state index contributed by atoms with van der Waals surface area (Å²) in [7, 11) is 3.20. The van der Waals surface area contributed by atoms with Gasteiger partial charge in [-0.3, -0.25) is 9.69 Å². The fourth-order valence-electron chi connectivity index (χ4n) is 4.17. The molecule has 1 saturated heterocycles. The van der Waals surface area contributed by atoms with Crippen LogP contribution in [0.3, 0.4) is 0 Å². The van der Waals surface area contributed by atoms with Crippen molar-refractivity contribution in [2.24, 2.45) is 5.92 Å². The number of carbonyl (C=O) groups is 1. The van der Waals surface area contributed by atoms with Gasteiger partial charge in [0.25, 0.3) is 5.91 Å². The lowest BCUT2D eigenvalue weighted by Gasteiger charge is -2.35. The summed E-state index contributed by atoms with van der Waals surface area (Å²) in [6.07, 6.45) is 8.41. The van der Waals surface area contributed by atoms with Crippen molar-refractivity contribution in [1.29, 1.82) is 0 Å². The molecule has 144 valence electrons. The van der Waals surface area contributed by atoms with Gasteiger partial charge in [0.1, 0.15) is 0 Å². The average molecular weight is 360 g/mol. The molecule has 26 heavy (non-hydrogen) atoms. The normalized spacial score (nSPS) is 19.4. The second-order valence-electron chi connectivity index (χ2n) is 7.50. The van der Waals surface area contributed by atoms with Gasteiger partial charge in [-0.25, -0.2) is 0 Å². The summed E-state index contributed by atoms with van der Waals surface area (Å²) >= 11 is 0. The quantitative estimate of drug-likeness (QED) is 0.779. The van der Waals surface area contributed by atoms with Crippen molar-refractivity contribution < 1.29 is 14.3 Å². The zero-order valence-electron chi connectivity index (χ0n) is 16.2. The second-order valence-corrected chi connectivity index (χ2v) is 7.50. The van der Waals surface area contributed by atoms with Gasteiger partial charge in [0.2, 0.25) is 0 Å². The van der Waals surface area contributed by atoms with Crippen LogP contribution in [0.5, 0.6) is 11.5 Å². The minimum absolute atomic E-state index is 0.0814. The largest absolute Gasteiger partial charge is 0.493 e. The zero-order valence-corrected chi connectivity index (χ0v) is 16.2. The minimum atomic E-state index is 0.0814. The molecule has 0 radical (unpaired) electrons. The van der Waals surface area contributed by atoms with Crippen LogP contribution in [0.15, 0.2) is 18.2 Å². The number of piperazine rings is 1. The van der Waals surface area contributed by atoms with Crippen molar-refractivity contribution in [1.82, 2.24) is 9.80 Å². The highest BCUT2D eigenvalue weighted by Crippen LogP contribution is 2.29. The van der Waals surface area contributed by atoms with E-state index in [4.69, 9.17) is 9.47 Å². The number of carbonyl (C=O) groups excluding carboxylic acids is 1. The smallest absolute Gasteiger partial charge is 0.254 e. The fourth-order valence-corrected chi connectivity index (χ4v) is 4.17. The van der Waals surface area contributed by atoms with Crippen molar-refractivity contribution in [3.05, 3.63) is 23.8 Å². The van der Waals surface area contributed by atoms with Crippen LogP contribution in [0.25, 0.3) is 0 Å². The molecule has 1 aromatic rings. The molecule has 0 atom stereocenters. The van der Waals surface area contributed by atoms with E-state index in [2.05, 4.69) is 4.90 Å². The van der Waals surface area contributed by atoms with Crippen molar-refractivity contribution in [2.75, 3.05) is 46.9 Å². The second kappa shape index (κ2) is 9.26. The number of ether oxygens (including phenoxy) is 2. The highest BCUT2D eigenvalue weighted by molar-refractivity contribution is 5.95.